The van der Waals surface area contributed by atoms with E-state index < -0.39 is 0 Å². The highest BCUT2D eigenvalue weighted by Crippen LogP contribution is 2.34. The zero-order chi connectivity index (χ0) is 15.1. The second kappa shape index (κ2) is 5.37. The molecule has 0 spiro atoms. The molecule has 3 rings (SSSR count). The molecule has 1 heterocycles. The maximum absolute atomic E-state index is 6.34. The van der Waals surface area contributed by atoms with Gasteiger partial charge in [-0.25, -0.2) is 0 Å². The summed E-state index contributed by atoms with van der Waals surface area (Å²) in [4.78, 5) is 3.16. The van der Waals surface area contributed by atoms with Crippen LogP contribution in [-0.4, -0.2) is 16.7 Å². The van der Waals surface area contributed by atoms with Gasteiger partial charge < -0.3 is 9.72 Å². The topological polar surface area (TPSA) is 29.9 Å². The molecule has 2 aromatic carbocycles. The molecule has 0 aliphatic carbocycles. The smallest absolute Gasteiger partial charge is 0.182 e. The number of imidazole rings is 1. The fourth-order valence-electron chi connectivity index (χ4n) is 2.33. The van der Waals surface area contributed by atoms with Crippen molar-refractivity contribution in [1.82, 2.24) is 9.55 Å². The van der Waals surface area contributed by atoms with Crippen molar-refractivity contribution in [3.05, 3.63) is 50.7 Å². The molecule has 21 heavy (non-hydrogen) atoms. The van der Waals surface area contributed by atoms with Gasteiger partial charge in [0.1, 0.15) is 5.75 Å². The largest absolute Gasteiger partial charge is 0.495 e. The van der Waals surface area contributed by atoms with Crippen molar-refractivity contribution >= 4 is 46.5 Å². The molecule has 0 aliphatic heterocycles. The van der Waals surface area contributed by atoms with Crippen LogP contribution in [0.15, 0.2) is 30.3 Å². The van der Waals surface area contributed by atoms with E-state index in [2.05, 4.69) is 4.98 Å². The number of aromatic nitrogens is 2. The Morgan fingerprint density at radius 2 is 1.95 bits per heavy atom. The molecule has 0 aliphatic rings. The van der Waals surface area contributed by atoms with Gasteiger partial charge in [0.25, 0.3) is 0 Å². The first-order valence-electron chi connectivity index (χ1n) is 6.26. The predicted molar refractivity (Wildman–Crippen MR) is 89.8 cm³/mol. The van der Waals surface area contributed by atoms with Gasteiger partial charge in [-0.05, 0) is 42.9 Å². The van der Waals surface area contributed by atoms with E-state index in [-0.39, 0.29) is 0 Å². The monoisotopic (exact) mass is 338 g/mol. The lowest BCUT2D eigenvalue weighted by atomic mass is 10.2. The number of rotatable bonds is 2. The van der Waals surface area contributed by atoms with Gasteiger partial charge in [-0.3, -0.25) is 4.57 Å². The van der Waals surface area contributed by atoms with Crippen molar-refractivity contribution in [2.24, 2.45) is 0 Å². The molecule has 0 saturated carbocycles. The Bertz CT molecular complexity index is 899. The number of H-pyrrole nitrogens is 1. The highest BCUT2D eigenvalue weighted by Gasteiger charge is 2.15. The van der Waals surface area contributed by atoms with E-state index >= 15 is 0 Å². The summed E-state index contributed by atoms with van der Waals surface area (Å²) in [7, 11) is 1.60. The van der Waals surface area contributed by atoms with Crippen LogP contribution in [0.4, 0.5) is 0 Å². The number of hydrogen-bond donors (Lipinski definition) is 1. The summed E-state index contributed by atoms with van der Waals surface area (Å²) in [6, 6.07) is 9.36. The number of benzene rings is 2. The number of hydrogen-bond acceptors (Lipinski definition) is 2. The Labute approximate surface area is 137 Å². The van der Waals surface area contributed by atoms with Gasteiger partial charge in [0, 0.05) is 11.1 Å². The molecule has 0 unspecified atom stereocenters. The first-order valence-corrected chi connectivity index (χ1v) is 7.43. The standard InChI is InChI=1S/C15H12Cl2N2OS/c1-8-6-12(13(20-2)7-10(8)17)19-14-9(16)4-3-5-11(14)18-15(19)21/h3-7H,1-2H3,(H,18,21). The van der Waals surface area contributed by atoms with Gasteiger partial charge >= 0.3 is 0 Å². The molecule has 108 valence electrons. The highest BCUT2D eigenvalue weighted by atomic mass is 35.5. The van der Waals surface area contributed by atoms with Crippen molar-refractivity contribution in [2.75, 3.05) is 7.11 Å². The van der Waals surface area contributed by atoms with Crippen LogP contribution in [0.1, 0.15) is 5.56 Å². The molecular weight excluding hydrogens is 327 g/mol. The third-order valence-electron chi connectivity index (χ3n) is 3.36. The summed E-state index contributed by atoms with van der Waals surface area (Å²) in [6.07, 6.45) is 0. The van der Waals surface area contributed by atoms with Gasteiger partial charge in [0.05, 0.1) is 28.9 Å². The minimum atomic E-state index is 0.554. The number of nitrogens with one attached hydrogen (secondary N) is 1. The summed E-state index contributed by atoms with van der Waals surface area (Å²) in [6.45, 7) is 1.94. The Kier molecular flexibility index (Phi) is 3.69. The molecular formula is C15H12Cl2N2OS. The van der Waals surface area contributed by atoms with E-state index in [0.717, 1.165) is 22.3 Å². The number of aromatic amines is 1. The van der Waals surface area contributed by atoms with Gasteiger partial charge in [-0.15, -0.1) is 0 Å². The summed E-state index contributed by atoms with van der Waals surface area (Å²) in [5, 5.41) is 1.27. The molecule has 6 heteroatoms. The second-order valence-corrected chi connectivity index (χ2v) is 5.88. The van der Waals surface area contributed by atoms with E-state index in [4.69, 9.17) is 40.2 Å². The van der Waals surface area contributed by atoms with E-state index in [1.54, 1.807) is 13.2 Å². The van der Waals surface area contributed by atoms with Gasteiger partial charge in [0.15, 0.2) is 4.77 Å². The van der Waals surface area contributed by atoms with Crippen LogP contribution in [0.25, 0.3) is 16.7 Å². The van der Waals surface area contributed by atoms with Crippen LogP contribution < -0.4 is 4.74 Å². The van der Waals surface area contributed by atoms with Crippen molar-refractivity contribution in [3.8, 4) is 11.4 Å². The Morgan fingerprint density at radius 3 is 2.67 bits per heavy atom. The highest BCUT2D eigenvalue weighted by molar-refractivity contribution is 7.71. The van der Waals surface area contributed by atoms with Gasteiger partial charge in [-0.1, -0.05) is 29.3 Å². The number of methoxy groups -OCH3 is 1. The number of fused-ring (bicyclic) bond motifs is 1. The minimum absolute atomic E-state index is 0.554. The molecule has 0 radical (unpaired) electrons. The van der Waals surface area contributed by atoms with Crippen LogP contribution in [0.5, 0.6) is 5.75 Å². The lowest BCUT2D eigenvalue weighted by Gasteiger charge is -2.13. The fourth-order valence-corrected chi connectivity index (χ4v) is 3.04. The maximum Gasteiger partial charge on any atom is 0.182 e. The zero-order valence-corrected chi connectivity index (χ0v) is 13.7. The molecule has 1 aromatic heterocycles. The zero-order valence-electron chi connectivity index (χ0n) is 11.4. The van der Waals surface area contributed by atoms with Crippen molar-refractivity contribution in [2.45, 2.75) is 6.92 Å². The predicted octanol–water partition coefficient (Wildman–Crippen LogP) is 5.31. The third kappa shape index (κ3) is 2.33. The van der Waals surface area contributed by atoms with Crippen LogP contribution in [0.2, 0.25) is 10.0 Å². The normalized spacial score (nSPS) is 11.0. The molecule has 3 nitrogen and oxygen atoms in total. The number of nitrogens with zero attached hydrogens (tertiary/aromatic N) is 1. The summed E-state index contributed by atoms with van der Waals surface area (Å²) in [5.41, 5.74) is 3.45. The van der Waals surface area contributed by atoms with Crippen LogP contribution in [0, 0.1) is 11.7 Å². The van der Waals surface area contributed by atoms with Gasteiger partial charge in [0.2, 0.25) is 0 Å². The molecule has 0 fully saturated rings. The minimum Gasteiger partial charge on any atom is -0.495 e. The third-order valence-corrected chi connectivity index (χ3v) is 4.35. The SMILES string of the molecule is COc1cc(Cl)c(C)cc1-n1c(=S)[nH]c2cccc(Cl)c21. The van der Waals surface area contributed by atoms with E-state index in [9.17, 15) is 0 Å². The summed E-state index contributed by atoms with van der Waals surface area (Å²) in [5.74, 6) is 0.641. The van der Waals surface area contributed by atoms with Crippen molar-refractivity contribution in [3.63, 3.8) is 0 Å². The van der Waals surface area contributed by atoms with Crippen molar-refractivity contribution < 1.29 is 4.74 Å². The molecule has 0 bridgehead atoms. The van der Waals surface area contributed by atoms with E-state index in [1.165, 1.54) is 0 Å². The summed E-state index contributed by atoms with van der Waals surface area (Å²) >= 11 is 17.9. The molecule has 1 N–H and O–H groups in total. The van der Waals surface area contributed by atoms with Crippen LogP contribution >= 0.6 is 35.4 Å². The van der Waals surface area contributed by atoms with Crippen LogP contribution in [-0.2, 0) is 0 Å². The Morgan fingerprint density at radius 1 is 1.19 bits per heavy atom. The second-order valence-electron chi connectivity index (χ2n) is 4.67. The average Bonchev–Trinajstić information content (AvgIpc) is 2.79. The number of ether oxygens (including phenoxy) is 1. The van der Waals surface area contributed by atoms with Gasteiger partial charge in [-0.2, -0.15) is 0 Å². The summed E-state index contributed by atoms with van der Waals surface area (Å²) < 4.78 is 7.86. The first-order chi connectivity index (χ1) is 10.0. The van der Waals surface area contributed by atoms with E-state index in [0.29, 0.717) is 20.6 Å². The Hall–Kier alpha value is -1.49. The van der Waals surface area contributed by atoms with Crippen molar-refractivity contribution in [1.29, 1.82) is 0 Å². The molecule has 0 amide bonds. The lowest BCUT2D eigenvalue weighted by Crippen LogP contribution is -1.99. The lowest BCUT2D eigenvalue weighted by molar-refractivity contribution is 0.413. The molecule has 3 aromatic rings. The molecule has 0 atom stereocenters. The number of halogens is 2. The Balaban J connectivity index is 2.43. The number of aryl methyl sites for hydroxylation is 1. The van der Waals surface area contributed by atoms with E-state index in [1.807, 2.05) is 35.8 Å². The fraction of sp³-hybridized carbons (Fsp3) is 0.133. The maximum atomic E-state index is 6.34. The quantitative estimate of drug-likeness (QED) is 0.641. The number of para-hydroxylation sites is 1. The van der Waals surface area contributed by atoms with Crippen LogP contribution in [0.3, 0.4) is 0 Å². The average molecular weight is 339 g/mol. The first kappa shape index (κ1) is 14.4. The molecule has 0 saturated heterocycles.